The molecule has 3 aliphatic rings. The van der Waals surface area contributed by atoms with Crippen molar-refractivity contribution in [3.63, 3.8) is 0 Å². The standard InChI is InChI=1S/C27H51O10P/c1-4-7-10-13-25-29-16-22(35-25)19-32-38(28,33-20-23-17-30-26(36-23)14-11-8-5-2)34-21-24-18-31-27(37-24)15-12-9-6-3/h22-27H,4-21H2,1-3H3. The maximum atomic E-state index is 13.6. The van der Waals surface area contributed by atoms with Crippen molar-refractivity contribution in [3.8, 4) is 0 Å². The number of phosphoric acid groups is 1. The molecule has 6 unspecified atom stereocenters. The van der Waals surface area contributed by atoms with Gasteiger partial charge in [0.15, 0.2) is 18.9 Å². The molecule has 11 heteroatoms. The smallest absolute Gasteiger partial charge is 0.350 e. The van der Waals surface area contributed by atoms with Gasteiger partial charge in [-0.1, -0.05) is 59.3 Å². The summed E-state index contributed by atoms with van der Waals surface area (Å²) in [6, 6.07) is 0. The molecule has 224 valence electrons. The van der Waals surface area contributed by atoms with E-state index in [1.165, 1.54) is 0 Å². The van der Waals surface area contributed by atoms with Crippen molar-refractivity contribution >= 4 is 7.82 Å². The Kier molecular flexibility index (Phi) is 15.6. The van der Waals surface area contributed by atoms with Gasteiger partial charge in [0.05, 0.1) is 39.6 Å². The molecule has 0 radical (unpaired) electrons. The first-order valence-corrected chi connectivity index (χ1v) is 16.3. The molecule has 0 aromatic heterocycles. The van der Waals surface area contributed by atoms with Crippen molar-refractivity contribution in [1.29, 1.82) is 0 Å². The summed E-state index contributed by atoms with van der Waals surface area (Å²) in [7, 11) is -3.92. The SMILES string of the molecule is CCCCCC1OCC(COP(=O)(OCC2COC(CCCCC)O2)OCC2COC(CCCCC)O2)O1. The minimum Gasteiger partial charge on any atom is -0.350 e. The van der Waals surface area contributed by atoms with Crippen LogP contribution in [0.3, 0.4) is 0 Å². The summed E-state index contributed by atoms with van der Waals surface area (Å²) in [5, 5.41) is 0. The lowest BCUT2D eigenvalue weighted by Gasteiger charge is -2.22. The van der Waals surface area contributed by atoms with Crippen molar-refractivity contribution in [3.05, 3.63) is 0 Å². The van der Waals surface area contributed by atoms with E-state index < -0.39 is 7.82 Å². The molecule has 3 heterocycles. The maximum absolute atomic E-state index is 13.6. The van der Waals surface area contributed by atoms with Gasteiger partial charge in [0, 0.05) is 0 Å². The number of hydrogen-bond donors (Lipinski definition) is 0. The molecule has 3 rings (SSSR count). The Balaban J connectivity index is 1.45. The lowest BCUT2D eigenvalue weighted by molar-refractivity contribution is -0.0789. The Bertz CT molecular complexity index is 582. The Morgan fingerprint density at radius 2 is 0.868 bits per heavy atom. The van der Waals surface area contributed by atoms with E-state index in [9.17, 15) is 4.57 Å². The van der Waals surface area contributed by atoms with Gasteiger partial charge in [0.2, 0.25) is 0 Å². The number of phosphoric ester groups is 1. The van der Waals surface area contributed by atoms with Crippen LogP contribution < -0.4 is 0 Å². The molecule has 0 saturated carbocycles. The molecule has 3 fully saturated rings. The molecule has 38 heavy (non-hydrogen) atoms. The summed E-state index contributed by atoms with van der Waals surface area (Å²) < 4.78 is 65.7. The van der Waals surface area contributed by atoms with E-state index in [2.05, 4.69) is 20.8 Å². The van der Waals surface area contributed by atoms with Gasteiger partial charge in [-0.3, -0.25) is 13.6 Å². The third kappa shape index (κ3) is 12.2. The minimum atomic E-state index is -3.92. The van der Waals surface area contributed by atoms with E-state index in [1.807, 2.05) is 0 Å². The largest absolute Gasteiger partial charge is 0.475 e. The van der Waals surface area contributed by atoms with Crippen LogP contribution in [0, 0.1) is 0 Å². The van der Waals surface area contributed by atoms with E-state index in [4.69, 9.17) is 42.0 Å². The molecule has 0 aliphatic carbocycles. The number of unbranched alkanes of at least 4 members (excludes halogenated alkanes) is 6. The second kappa shape index (κ2) is 18.3. The monoisotopic (exact) mass is 566 g/mol. The Morgan fingerprint density at radius 3 is 1.16 bits per heavy atom. The summed E-state index contributed by atoms with van der Waals surface area (Å²) in [4.78, 5) is 0. The van der Waals surface area contributed by atoms with Gasteiger partial charge in [-0.2, -0.15) is 0 Å². The molecule has 0 N–H and O–H groups in total. The summed E-state index contributed by atoms with van der Waals surface area (Å²) in [6.45, 7) is 7.78. The molecule has 0 amide bonds. The highest BCUT2D eigenvalue weighted by atomic mass is 31.2. The Labute approximate surface area is 229 Å². The molecular weight excluding hydrogens is 515 g/mol. The average molecular weight is 567 g/mol. The van der Waals surface area contributed by atoms with Crippen molar-refractivity contribution < 1.29 is 46.6 Å². The summed E-state index contributed by atoms with van der Waals surface area (Å²) in [5.41, 5.74) is 0. The van der Waals surface area contributed by atoms with Gasteiger partial charge in [-0.15, -0.1) is 0 Å². The first-order valence-electron chi connectivity index (χ1n) is 14.9. The molecule has 6 atom stereocenters. The zero-order valence-corrected chi connectivity index (χ0v) is 24.6. The molecule has 0 aromatic carbocycles. The Morgan fingerprint density at radius 1 is 0.553 bits per heavy atom. The van der Waals surface area contributed by atoms with Gasteiger partial charge in [0.1, 0.15) is 18.3 Å². The zero-order chi connectivity index (χ0) is 27.1. The number of ether oxygens (including phenoxy) is 6. The van der Waals surface area contributed by atoms with Crippen LogP contribution in [0.25, 0.3) is 0 Å². The van der Waals surface area contributed by atoms with Crippen LogP contribution in [0.4, 0.5) is 0 Å². The van der Waals surface area contributed by atoms with Crippen LogP contribution in [-0.2, 0) is 46.6 Å². The molecule has 3 saturated heterocycles. The number of rotatable bonds is 21. The van der Waals surface area contributed by atoms with Crippen LogP contribution in [0.2, 0.25) is 0 Å². The maximum Gasteiger partial charge on any atom is 0.475 e. The van der Waals surface area contributed by atoms with Crippen molar-refractivity contribution in [2.45, 2.75) is 135 Å². The molecular formula is C27H51O10P. The van der Waals surface area contributed by atoms with Crippen molar-refractivity contribution in [1.82, 2.24) is 0 Å². The normalized spacial score (nSPS) is 31.2. The van der Waals surface area contributed by atoms with E-state index >= 15 is 0 Å². The van der Waals surface area contributed by atoms with E-state index in [0.29, 0.717) is 19.8 Å². The fourth-order valence-corrected chi connectivity index (χ4v) is 5.83. The molecule has 3 aliphatic heterocycles. The quantitative estimate of drug-likeness (QED) is 0.119. The Hall–Kier alpha value is -0.130. The average Bonchev–Trinajstić information content (AvgIpc) is 3.68. The van der Waals surface area contributed by atoms with Gasteiger partial charge in [-0.05, 0) is 38.5 Å². The molecule has 0 spiro atoms. The third-order valence-corrected chi connectivity index (χ3v) is 8.22. The first kappa shape index (κ1) is 32.4. The zero-order valence-electron chi connectivity index (χ0n) is 23.7. The molecule has 0 bridgehead atoms. The summed E-state index contributed by atoms with van der Waals surface area (Å²) in [5.74, 6) is 0. The van der Waals surface area contributed by atoms with Crippen molar-refractivity contribution in [2.24, 2.45) is 0 Å². The summed E-state index contributed by atoms with van der Waals surface area (Å²) >= 11 is 0. The van der Waals surface area contributed by atoms with Crippen LogP contribution in [0.15, 0.2) is 0 Å². The predicted octanol–water partition coefficient (Wildman–Crippen LogP) is 6.11. The van der Waals surface area contributed by atoms with Crippen LogP contribution in [0.5, 0.6) is 0 Å². The number of hydrogen-bond acceptors (Lipinski definition) is 10. The van der Waals surface area contributed by atoms with Gasteiger partial charge in [-0.25, -0.2) is 4.57 Å². The van der Waals surface area contributed by atoms with Gasteiger partial charge >= 0.3 is 7.82 Å². The highest BCUT2D eigenvalue weighted by Crippen LogP contribution is 2.50. The van der Waals surface area contributed by atoms with E-state index in [-0.39, 0.29) is 57.0 Å². The van der Waals surface area contributed by atoms with Crippen LogP contribution in [-0.4, -0.2) is 76.8 Å². The highest BCUT2D eigenvalue weighted by molar-refractivity contribution is 7.48. The lowest BCUT2D eigenvalue weighted by atomic mass is 10.2. The highest BCUT2D eigenvalue weighted by Gasteiger charge is 2.37. The van der Waals surface area contributed by atoms with Crippen molar-refractivity contribution in [2.75, 3.05) is 39.6 Å². The van der Waals surface area contributed by atoms with E-state index in [0.717, 1.165) is 77.0 Å². The fourth-order valence-electron chi connectivity index (χ4n) is 4.56. The topological polar surface area (TPSA) is 100 Å². The van der Waals surface area contributed by atoms with E-state index in [1.54, 1.807) is 0 Å². The minimum absolute atomic E-state index is 0.0465. The molecule has 10 nitrogen and oxygen atoms in total. The third-order valence-electron chi connectivity index (χ3n) is 6.82. The second-order valence-electron chi connectivity index (χ2n) is 10.4. The fraction of sp³-hybridized carbons (Fsp3) is 1.00. The molecule has 0 aromatic rings. The van der Waals surface area contributed by atoms with Gasteiger partial charge < -0.3 is 28.4 Å². The first-order chi connectivity index (χ1) is 18.5. The second-order valence-corrected chi connectivity index (χ2v) is 12.1. The van der Waals surface area contributed by atoms with Gasteiger partial charge in [0.25, 0.3) is 0 Å². The van der Waals surface area contributed by atoms with Crippen LogP contribution in [0.1, 0.15) is 97.8 Å². The van der Waals surface area contributed by atoms with Crippen LogP contribution >= 0.6 is 7.82 Å². The predicted molar refractivity (Wildman–Crippen MR) is 142 cm³/mol. The summed E-state index contributed by atoms with van der Waals surface area (Å²) in [6.07, 6.45) is 10.8. The lowest BCUT2D eigenvalue weighted by Crippen LogP contribution is -2.24.